The average Bonchev–Trinajstić information content (AvgIpc) is 3.10. The topological polar surface area (TPSA) is 108 Å². The Hall–Kier alpha value is -3.36. The highest BCUT2D eigenvalue weighted by atomic mass is 16.2. The maximum atomic E-state index is 13.0. The van der Waals surface area contributed by atoms with Crippen molar-refractivity contribution < 1.29 is 4.79 Å². The Kier molecular flexibility index (Phi) is 4.73. The van der Waals surface area contributed by atoms with Crippen molar-refractivity contribution in [3.05, 3.63) is 56.7 Å². The SMILES string of the molecule is Cn1c(=O)c2c(nc(N3CCC(C(N)=O)CC3)n2Cc2ccccc2)n(C)c1=O. The smallest absolute Gasteiger partial charge is 0.332 e. The summed E-state index contributed by atoms with van der Waals surface area (Å²) >= 11 is 0. The number of aryl methyl sites for hydroxylation is 1. The van der Waals surface area contributed by atoms with Crippen LogP contribution in [0.25, 0.3) is 11.2 Å². The number of fused-ring (bicyclic) bond motifs is 1. The van der Waals surface area contributed by atoms with E-state index in [-0.39, 0.29) is 17.4 Å². The van der Waals surface area contributed by atoms with Crippen LogP contribution in [0, 0.1) is 5.92 Å². The van der Waals surface area contributed by atoms with Gasteiger partial charge in [0.1, 0.15) is 0 Å². The molecule has 1 amide bonds. The Labute approximate surface area is 167 Å². The first kappa shape index (κ1) is 19.0. The lowest BCUT2D eigenvalue weighted by Gasteiger charge is -2.31. The number of aromatic nitrogens is 4. The standard InChI is InChI=1S/C20H24N6O3/c1-23-17-15(18(28)24(2)20(23)29)26(12-13-6-4-3-5-7-13)19(22-17)25-10-8-14(9-11-25)16(21)27/h3-7,14H,8-12H2,1-2H3,(H2,21,27). The summed E-state index contributed by atoms with van der Waals surface area (Å²) in [5.74, 6) is 0.208. The predicted octanol–water partition coefficient (Wildman–Crippen LogP) is 0.184. The van der Waals surface area contributed by atoms with Gasteiger partial charge in [-0.25, -0.2) is 4.79 Å². The molecule has 29 heavy (non-hydrogen) atoms. The number of anilines is 1. The summed E-state index contributed by atoms with van der Waals surface area (Å²) in [6, 6.07) is 9.80. The quantitative estimate of drug-likeness (QED) is 0.677. The van der Waals surface area contributed by atoms with E-state index in [1.54, 1.807) is 7.05 Å². The molecule has 1 aliphatic rings. The molecule has 0 atom stereocenters. The number of hydrogen-bond donors (Lipinski definition) is 1. The van der Waals surface area contributed by atoms with E-state index in [1.807, 2.05) is 34.9 Å². The first-order valence-corrected chi connectivity index (χ1v) is 9.63. The van der Waals surface area contributed by atoms with E-state index in [2.05, 4.69) is 9.88 Å². The molecule has 0 radical (unpaired) electrons. The average molecular weight is 396 g/mol. The molecule has 1 saturated heterocycles. The van der Waals surface area contributed by atoms with Crippen LogP contribution in [0.15, 0.2) is 39.9 Å². The summed E-state index contributed by atoms with van der Waals surface area (Å²) in [5, 5.41) is 0. The number of hydrogen-bond acceptors (Lipinski definition) is 5. The zero-order valence-corrected chi connectivity index (χ0v) is 16.5. The zero-order valence-electron chi connectivity index (χ0n) is 16.5. The number of primary amides is 1. The molecule has 0 bridgehead atoms. The summed E-state index contributed by atoms with van der Waals surface area (Å²) in [5.41, 5.74) is 6.46. The second-order valence-electron chi connectivity index (χ2n) is 7.53. The largest absolute Gasteiger partial charge is 0.369 e. The monoisotopic (exact) mass is 396 g/mol. The third-order valence-electron chi connectivity index (χ3n) is 5.69. The van der Waals surface area contributed by atoms with Crippen molar-refractivity contribution in [3.8, 4) is 0 Å². The molecule has 2 N–H and O–H groups in total. The van der Waals surface area contributed by atoms with Gasteiger partial charge in [0, 0.05) is 33.1 Å². The Morgan fingerprint density at radius 1 is 1.10 bits per heavy atom. The molecule has 1 aromatic carbocycles. The first-order chi connectivity index (χ1) is 13.9. The highest BCUT2D eigenvalue weighted by Gasteiger charge is 2.28. The molecular formula is C20H24N6O3. The highest BCUT2D eigenvalue weighted by molar-refractivity contribution is 5.77. The third-order valence-corrected chi connectivity index (χ3v) is 5.69. The predicted molar refractivity (Wildman–Crippen MR) is 110 cm³/mol. The molecule has 152 valence electrons. The van der Waals surface area contributed by atoms with Crippen LogP contribution >= 0.6 is 0 Å². The van der Waals surface area contributed by atoms with E-state index in [0.29, 0.717) is 49.6 Å². The highest BCUT2D eigenvalue weighted by Crippen LogP contribution is 2.26. The number of benzene rings is 1. The second-order valence-corrected chi connectivity index (χ2v) is 7.53. The van der Waals surface area contributed by atoms with E-state index in [0.717, 1.165) is 10.1 Å². The number of imidazole rings is 1. The van der Waals surface area contributed by atoms with Gasteiger partial charge in [-0.15, -0.1) is 0 Å². The summed E-state index contributed by atoms with van der Waals surface area (Å²) in [7, 11) is 3.09. The van der Waals surface area contributed by atoms with Gasteiger partial charge < -0.3 is 10.6 Å². The molecule has 0 aliphatic carbocycles. The van der Waals surface area contributed by atoms with Crippen LogP contribution in [0.1, 0.15) is 18.4 Å². The minimum Gasteiger partial charge on any atom is -0.369 e. The van der Waals surface area contributed by atoms with Crippen molar-refractivity contribution in [1.82, 2.24) is 18.7 Å². The lowest BCUT2D eigenvalue weighted by molar-refractivity contribution is -0.122. The Morgan fingerprint density at radius 2 is 1.76 bits per heavy atom. The van der Waals surface area contributed by atoms with Crippen LogP contribution in [-0.2, 0) is 25.4 Å². The number of carbonyl (C=O) groups is 1. The lowest BCUT2D eigenvalue weighted by Crippen LogP contribution is -2.40. The fourth-order valence-electron chi connectivity index (χ4n) is 3.96. The van der Waals surface area contributed by atoms with Gasteiger partial charge in [-0.05, 0) is 18.4 Å². The third kappa shape index (κ3) is 3.22. The second kappa shape index (κ2) is 7.23. The number of piperidine rings is 1. The molecule has 1 aliphatic heterocycles. The fraction of sp³-hybridized carbons (Fsp3) is 0.400. The summed E-state index contributed by atoms with van der Waals surface area (Å²) in [6.45, 7) is 1.68. The van der Waals surface area contributed by atoms with Crippen molar-refractivity contribution in [1.29, 1.82) is 0 Å². The van der Waals surface area contributed by atoms with Crippen LogP contribution < -0.4 is 21.9 Å². The molecule has 4 rings (SSSR count). The molecular weight excluding hydrogens is 372 g/mol. The Bertz CT molecular complexity index is 1180. The molecule has 0 unspecified atom stereocenters. The van der Waals surface area contributed by atoms with Crippen molar-refractivity contribution >= 4 is 23.0 Å². The lowest BCUT2D eigenvalue weighted by atomic mass is 9.96. The van der Waals surface area contributed by atoms with Crippen LogP contribution in [-0.4, -0.2) is 37.7 Å². The van der Waals surface area contributed by atoms with Crippen LogP contribution in [0.2, 0.25) is 0 Å². The van der Waals surface area contributed by atoms with Gasteiger partial charge in [-0.2, -0.15) is 4.98 Å². The van der Waals surface area contributed by atoms with Crippen LogP contribution in [0.4, 0.5) is 5.95 Å². The molecule has 3 heterocycles. The molecule has 9 heteroatoms. The molecule has 9 nitrogen and oxygen atoms in total. The number of nitrogens with two attached hydrogens (primary N) is 1. The van der Waals surface area contributed by atoms with E-state index in [9.17, 15) is 14.4 Å². The minimum absolute atomic E-state index is 0.143. The molecule has 0 spiro atoms. The van der Waals surface area contributed by atoms with Gasteiger partial charge in [0.25, 0.3) is 5.56 Å². The van der Waals surface area contributed by atoms with E-state index in [1.165, 1.54) is 11.6 Å². The summed E-state index contributed by atoms with van der Waals surface area (Å²) < 4.78 is 4.38. The number of nitrogens with zero attached hydrogens (tertiary/aromatic N) is 5. The normalized spacial score (nSPS) is 15.2. The van der Waals surface area contributed by atoms with Crippen molar-refractivity contribution in [2.45, 2.75) is 19.4 Å². The molecule has 3 aromatic rings. The van der Waals surface area contributed by atoms with Gasteiger partial charge in [0.05, 0.1) is 6.54 Å². The van der Waals surface area contributed by atoms with Gasteiger partial charge in [-0.3, -0.25) is 23.3 Å². The van der Waals surface area contributed by atoms with Crippen molar-refractivity contribution in [2.75, 3.05) is 18.0 Å². The number of carbonyl (C=O) groups excluding carboxylic acids is 1. The maximum absolute atomic E-state index is 13.0. The molecule has 0 saturated carbocycles. The fourth-order valence-corrected chi connectivity index (χ4v) is 3.96. The summed E-state index contributed by atoms with van der Waals surface area (Å²) in [4.78, 5) is 43.6. The van der Waals surface area contributed by atoms with E-state index >= 15 is 0 Å². The van der Waals surface area contributed by atoms with Crippen molar-refractivity contribution in [3.63, 3.8) is 0 Å². The van der Waals surface area contributed by atoms with Crippen molar-refractivity contribution in [2.24, 2.45) is 25.7 Å². The zero-order chi connectivity index (χ0) is 20.7. The Morgan fingerprint density at radius 3 is 2.38 bits per heavy atom. The minimum atomic E-state index is -0.411. The molecule has 2 aromatic heterocycles. The van der Waals surface area contributed by atoms with Crippen LogP contribution in [0.5, 0.6) is 0 Å². The summed E-state index contributed by atoms with van der Waals surface area (Å²) in [6.07, 6.45) is 1.28. The van der Waals surface area contributed by atoms with Gasteiger partial charge in [0.2, 0.25) is 11.9 Å². The number of rotatable bonds is 4. The molecule has 1 fully saturated rings. The van der Waals surface area contributed by atoms with Gasteiger partial charge in [-0.1, -0.05) is 30.3 Å². The number of amides is 1. The van der Waals surface area contributed by atoms with E-state index < -0.39 is 5.69 Å². The Balaban J connectivity index is 1.87. The van der Waals surface area contributed by atoms with E-state index in [4.69, 9.17) is 5.73 Å². The first-order valence-electron chi connectivity index (χ1n) is 9.63. The van der Waals surface area contributed by atoms with Gasteiger partial charge in [0.15, 0.2) is 11.2 Å². The maximum Gasteiger partial charge on any atom is 0.332 e. The van der Waals surface area contributed by atoms with Crippen LogP contribution in [0.3, 0.4) is 0 Å². The van der Waals surface area contributed by atoms with Gasteiger partial charge >= 0.3 is 5.69 Å².